The average Bonchev–Trinajstić information content (AvgIpc) is 2.67. The summed E-state index contributed by atoms with van der Waals surface area (Å²) in [5.41, 5.74) is 5.88. The van der Waals surface area contributed by atoms with E-state index < -0.39 is 0 Å². The molecule has 1 fully saturated rings. The summed E-state index contributed by atoms with van der Waals surface area (Å²) < 4.78 is 0. The van der Waals surface area contributed by atoms with Gasteiger partial charge < -0.3 is 10.8 Å². The average molecular weight is 217 g/mol. The van der Waals surface area contributed by atoms with Gasteiger partial charge in [0.25, 0.3) is 0 Å². The summed E-state index contributed by atoms with van der Waals surface area (Å²) in [5.74, 6) is 1.15. The van der Waals surface area contributed by atoms with E-state index >= 15 is 0 Å². The Morgan fingerprint density at radius 1 is 1.43 bits per heavy atom. The van der Waals surface area contributed by atoms with Crippen molar-refractivity contribution >= 4 is 11.8 Å². The van der Waals surface area contributed by atoms with Crippen LogP contribution in [0.1, 0.15) is 38.5 Å². The number of hydrogen-bond acceptors (Lipinski definition) is 3. The molecule has 1 rings (SSSR count). The molecule has 1 atom stereocenters. The zero-order valence-electron chi connectivity index (χ0n) is 9.17. The van der Waals surface area contributed by atoms with Crippen LogP contribution in [0.15, 0.2) is 0 Å². The lowest BCUT2D eigenvalue weighted by Crippen LogP contribution is -2.39. The van der Waals surface area contributed by atoms with Crippen molar-refractivity contribution in [2.75, 3.05) is 18.6 Å². The maximum Gasteiger partial charge on any atom is 0.0608 e. The minimum Gasteiger partial charge on any atom is -0.393 e. The zero-order chi connectivity index (χ0) is 10.4. The molecule has 2 nitrogen and oxygen atoms in total. The number of aliphatic hydroxyl groups excluding tert-OH is 1. The lowest BCUT2D eigenvalue weighted by atomic mass is 9.78. The molecule has 84 valence electrons. The molecule has 1 saturated carbocycles. The van der Waals surface area contributed by atoms with Crippen molar-refractivity contribution in [2.24, 2.45) is 11.1 Å². The van der Waals surface area contributed by atoms with Gasteiger partial charge in [-0.2, -0.15) is 11.8 Å². The van der Waals surface area contributed by atoms with Crippen LogP contribution in [0, 0.1) is 5.41 Å². The van der Waals surface area contributed by atoms with Gasteiger partial charge in [-0.25, -0.2) is 0 Å². The van der Waals surface area contributed by atoms with Crippen molar-refractivity contribution in [3.63, 3.8) is 0 Å². The van der Waals surface area contributed by atoms with Crippen LogP contribution in [0.4, 0.5) is 0 Å². The summed E-state index contributed by atoms with van der Waals surface area (Å²) in [6.45, 7) is 0.660. The van der Waals surface area contributed by atoms with E-state index in [0.29, 0.717) is 6.54 Å². The molecule has 0 aliphatic heterocycles. The van der Waals surface area contributed by atoms with Gasteiger partial charge in [0, 0.05) is 12.0 Å². The minimum atomic E-state index is -0.165. The molecule has 0 heterocycles. The van der Waals surface area contributed by atoms with Gasteiger partial charge in [0.2, 0.25) is 0 Å². The van der Waals surface area contributed by atoms with Crippen molar-refractivity contribution in [1.82, 2.24) is 0 Å². The molecule has 0 aromatic rings. The van der Waals surface area contributed by atoms with Gasteiger partial charge in [-0.1, -0.05) is 12.8 Å². The Hall–Kier alpha value is 0.270. The van der Waals surface area contributed by atoms with Crippen molar-refractivity contribution < 1.29 is 5.11 Å². The Kier molecular flexibility index (Phi) is 5.28. The molecule has 3 N–H and O–H groups in total. The second kappa shape index (κ2) is 5.99. The van der Waals surface area contributed by atoms with Gasteiger partial charge in [0.05, 0.1) is 6.10 Å². The van der Waals surface area contributed by atoms with E-state index in [1.807, 2.05) is 11.8 Å². The number of hydrogen-bond donors (Lipinski definition) is 2. The van der Waals surface area contributed by atoms with Crippen LogP contribution in [0.2, 0.25) is 0 Å². The minimum absolute atomic E-state index is 0.0679. The normalized spacial score (nSPS) is 22.5. The summed E-state index contributed by atoms with van der Waals surface area (Å²) in [7, 11) is 0. The Balaban J connectivity index is 2.35. The smallest absolute Gasteiger partial charge is 0.0608 e. The van der Waals surface area contributed by atoms with Crippen molar-refractivity contribution in [3.05, 3.63) is 0 Å². The lowest BCUT2D eigenvalue weighted by molar-refractivity contribution is 0.0278. The third kappa shape index (κ3) is 2.88. The molecule has 0 spiro atoms. The molecule has 1 unspecified atom stereocenters. The SMILES string of the molecule is CSCCCC(O)C1(CN)CCCC1. The first kappa shape index (κ1) is 12.3. The summed E-state index contributed by atoms with van der Waals surface area (Å²) in [4.78, 5) is 0. The van der Waals surface area contributed by atoms with Crippen LogP contribution in [0.3, 0.4) is 0 Å². The predicted octanol–water partition coefficient (Wildman–Crippen LogP) is 2.01. The molecule has 0 aromatic heterocycles. The standard InChI is InChI=1S/C11H23NOS/c1-14-8-4-5-10(13)11(9-12)6-2-3-7-11/h10,13H,2-9,12H2,1H3. The lowest BCUT2D eigenvalue weighted by Gasteiger charge is -2.33. The third-order valence-electron chi connectivity index (χ3n) is 3.54. The van der Waals surface area contributed by atoms with E-state index in [1.54, 1.807) is 0 Å². The van der Waals surface area contributed by atoms with Gasteiger partial charge in [-0.3, -0.25) is 0 Å². The fraction of sp³-hybridized carbons (Fsp3) is 1.00. The number of thioether (sulfide) groups is 1. The molecule has 0 bridgehead atoms. The van der Waals surface area contributed by atoms with E-state index in [-0.39, 0.29) is 11.5 Å². The Morgan fingerprint density at radius 3 is 2.57 bits per heavy atom. The first-order valence-electron chi connectivity index (χ1n) is 5.62. The quantitative estimate of drug-likeness (QED) is 0.669. The maximum atomic E-state index is 10.1. The molecule has 1 aliphatic carbocycles. The highest BCUT2D eigenvalue weighted by Gasteiger charge is 2.38. The van der Waals surface area contributed by atoms with Gasteiger partial charge in [0.15, 0.2) is 0 Å². The molecule has 0 radical (unpaired) electrons. The molecular weight excluding hydrogens is 194 g/mol. The first-order valence-corrected chi connectivity index (χ1v) is 7.01. The van der Waals surface area contributed by atoms with Crippen molar-refractivity contribution in [3.8, 4) is 0 Å². The molecule has 0 saturated heterocycles. The van der Waals surface area contributed by atoms with Crippen LogP contribution < -0.4 is 5.73 Å². The van der Waals surface area contributed by atoms with Crippen molar-refractivity contribution in [2.45, 2.75) is 44.6 Å². The number of rotatable bonds is 6. The van der Waals surface area contributed by atoms with Crippen molar-refractivity contribution in [1.29, 1.82) is 0 Å². The topological polar surface area (TPSA) is 46.2 Å². The highest BCUT2D eigenvalue weighted by atomic mass is 32.2. The Labute approximate surface area is 91.6 Å². The second-order valence-electron chi connectivity index (χ2n) is 4.42. The second-order valence-corrected chi connectivity index (χ2v) is 5.41. The van der Waals surface area contributed by atoms with Crippen LogP contribution in [-0.2, 0) is 0 Å². The Morgan fingerprint density at radius 2 is 2.07 bits per heavy atom. The Bertz CT molecular complexity index is 157. The zero-order valence-corrected chi connectivity index (χ0v) is 9.98. The molecule has 0 aromatic carbocycles. The third-order valence-corrected chi connectivity index (χ3v) is 4.24. The summed E-state index contributed by atoms with van der Waals surface area (Å²) in [6, 6.07) is 0. The fourth-order valence-corrected chi connectivity index (χ4v) is 2.94. The van der Waals surface area contributed by atoms with Crippen LogP contribution in [0.25, 0.3) is 0 Å². The van der Waals surface area contributed by atoms with Gasteiger partial charge >= 0.3 is 0 Å². The van der Waals surface area contributed by atoms with E-state index in [0.717, 1.165) is 31.4 Å². The molecule has 14 heavy (non-hydrogen) atoms. The van der Waals surface area contributed by atoms with Crippen LogP contribution >= 0.6 is 11.8 Å². The molecule has 3 heteroatoms. The van der Waals surface area contributed by atoms with Gasteiger partial charge in [-0.05, 0) is 37.7 Å². The predicted molar refractivity (Wildman–Crippen MR) is 63.6 cm³/mol. The molecule has 1 aliphatic rings. The molecular formula is C11H23NOS. The number of aliphatic hydroxyl groups is 1. The summed E-state index contributed by atoms with van der Waals surface area (Å²) >= 11 is 1.85. The van der Waals surface area contributed by atoms with Gasteiger partial charge in [0.1, 0.15) is 0 Å². The van der Waals surface area contributed by atoms with Gasteiger partial charge in [-0.15, -0.1) is 0 Å². The molecule has 0 amide bonds. The highest BCUT2D eigenvalue weighted by Crippen LogP contribution is 2.41. The monoisotopic (exact) mass is 217 g/mol. The fourth-order valence-electron chi connectivity index (χ4n) is 2.48. The maximum absolute atomic E-state index is 10.1. The van der Waals surface area contributed by atoms with Crippen LogP contribution in [0.5, 0.6) is 0 Å². The van der Waals surface area contributed by atoms with E-state index in [2.05, 4.69) is 6.26 Å². The first-order chi connectivity index (χ1) is 6.75. The summed E-state index contributed by atoms with van der Waals surface area (Å²) in [5, 5.41) is 10.1. The highest BCUT2D eigenvalue weighted by molar-refractivity contribution is 7.98. The largest absolute Gasteiger partial charge is 0.393 e. The van der Waals surface area contributed by atoms with E-state index in [9.17, 15) is 5.11 Å². The van der Waals surface area contributed by atoms with Crippen LogP contribution in [-0.4, -0.2) is 29.8 Å². The van der Waals surface area contributed by atoms with E-state index in [4.69, 9.17) is 5.73 Å². The van der Waals surface area contributed by atoms with E-state index in [1.165, 1.54) is 12.8 Å². The number of nitrogens with two attached hydrogens (primary N) is 1. The summed E-state index contributed by atoms with van der Waals surface area (Å²) in [6.07, 6.45) is 8.74.